The number of ether oxygens (including phenoxy) is 1. The molecule has 14 heavy (non-hydrogen) atoms. The van der Waals surface area contributed by atoms with Gasteiger partial charge in [0.1, 0.15) is 5.75 Å². The summed E-state index contributed by atoms with van der Waals surface area (Å²) in [5.41, 5.74) is 1.26. The minimum Gasteiger partial charge on any atom is -0.493 e. The van der Waals surface area contributed by atoms with E-state index in [2.05, 4.69) is 41.9 Å². The van der Waals surface area contributed by atoms with Gasteiger partial charge in [-0.15, -0.1) is 0 Å². The zero-order chi connectivity index (χ0) is 10.4. The molecule has 0 aromatic heterocycles. The molecule has 0 saturated carbocycles. The number of alkyl halides is 1. The second-order valence-electron chi connectivity index (χ2n) is 3.61. The fourth-order valence-electron chi connectivity index (χ4n) is 1.07. The maximum Gasteiger partial charge on any atom is 0.119 e. The van der Waals surface area contributed by atoms with Gasteiger partial charge in [0, 0.05) is 5.33 Å². The van der Waals surface area contributed by atoms with Gasteiger partial charge in [0.25, 0.3) is 0 Å². The van der Waals surface area contributed by atoms with Crippen molar-refractivity contribution in [1.82, 2.24) is 0 Å². The summed E-state index contributed by atoms with van der Waals surface area (Å²) in [6, 6.07) is 8.21. The van der Waals surface area contributed by atoms with Crippen molar-refractivity contribution in [2.75, 3.05) is 6.61 Å². The van der Waals surface area contributed by atoms with Gasteiger partial charge in [-0.1, -0.05) is 48.3 Å². The standard InChI is InChI=1S/C12H17BrO/c1-3-10(2)9-14-12-6-4-5-11(7-12)8-13/h4-7,10H,3,8-9H2,1-2H3. The predicted molar refractivity (Wildman–Crippen MR) is 64.0 cm³/mol. The molecule has 0 aliphatic heterocycles. The normalized spacial score (nSPS) is 12.5. The molecule has 0 radical (unpaired) electrons. The van der Waals surface area contributed by atoms with Crippen molar-refractivity contribution in [2.24, 2.45) is 5.92 Å². The summed E-state index contributed by atoms with van der Waals surface area (Å²) in [6.45, 7) is 5.19. The lowest BCUT2D eigenvalue weighted by molar-refractivity contribution is 0.256. The van der Waals surface area contributed by atoms with Crippen molar-refractivity contribution >= 4 is 15.9 Å². The molecular formula is C12H17BrO. The molecule has 1 unspecified atom stereocenters. The molecule has 0 heterocycles. The van der Waals surface area contributed by atoms with Crippen LogP contribution in [0, 0.1) is 5.92 Å². The lowest BCUT2D eigenvalue weighted by Crippen LogP contribution is -2.07. The van der Waals surface area contributed by atoms with Crippen LogP contribution in [0.1, 0.15) is 25.8 Å². The molecule has 1 rings (SSSR count). The number of hydrogen-bond acceptors (Lipinski definition) is 1. The van der Waals surface area contributed by atoms with Crippen LogP contribution in [0.3, 0.4) is 0 Å². The van der Waals surface area contributed by atoms with E-state index in [0.717, 1.165) is 24.1 Å². The highest BCUT2D eigenvalue weighted by Crippen LogP contribution is 2.16. The van der Waals surface area contributed by atoms with Crippen molar-refractivity contribution < 1.29 is 4.74 Å². The summed E-state index contributed by atoms with van der Waals surface area (Å²) < 4.78 is 5.68. The summed E-state index contributed by atoms with van der Waals surface area (Å²) in [5.74, 6) is 1.60. The first-order valence-electron chi connectivity index (χ1n) is 5.04. The summed E-state index contributed by atoms with van der Waals surface area (Å²) in [4.78, 5) is 0. The zero-order valence-electron chi connectivity index (χ0n) is 8.79. The first-order valence-corrected chi connectivity index (χ1v) is 6.16. The average Bonchev–Trinajstić information content (AvgIpc) is 2.26. The van der Waals surface area contributed by atoms with Crippen LogP contribution in [0.15, 0.2) is 24.3 Å². The van der Waals surface area contributed by atoms with E-state index < -0.39 is 0 Å². The molecule has 0 saturated heterocycles. The number of halogens is 1. The SMILES string of the molecule is CCC(C)COc1cccc(CBr)c1. The first-order chi connectivity index (χ1) is 6.76. The smallest absolute Gasteiger partial charge is 0.119 e. The van der Waals surface area contributed by atoms with Crippen LogP contribution >= 0.6 is 15.9 Å². The largest absolute Gasteiger partial charge is 0.493 e. The highest BCUT2D eigenvalue weighted by molar-refractivity contribution is 9.08. The van der Waals surface area contributed by atoms with E-state index in [1.165, 1.54) is 5.56 Å². The van der Waals surface area contributed by atoms with E-state index in [0.29, 0.717) is 5.92 Å². The minimum atomic E-state index is 0.627. The molecular weight excluding hydrogens is 240 g/mol. The second kappa shape index (κ2) is 6.07. The van der Waals surface area contributed by atoms with Gasteiger partial charge < -0.3 is 4.74 Å². The van der Waals surface area contributed by atoms with Crippen molar-refractivity contribution in [1.29, 1.82) is 0 Å². The molecule has 1 aromatic rings. The molecule has 1 aromatic carbocycles. The van der Waals surface area contributed by atoms with Gasteiger partial charge in [-0.25, -0.2) is 0 Å². The first kappa shape index (κ1) is 11.6. The van der Waals surface area contributed by atoms with Crippen LogP contribution < -0.4 is 4.74 Å². The molecule has 0 spiro atoms. The van der Waals surface area contributed by atoms with Crippen LogP contribution in [0.4, 0.5) is 0 Å². The molecule has 0 amide bonds. The highest BCUT2D eigenvalue weighted by Gasteiger charge is 2.00. The van der Waals surface area contributed by atoms with Crippen LogP contribution in [0.25, 0.3) is 0 Å². The maximum atomic E-state index is 5.68. The van der Waals surface area contributed by atoms with E-state index in [1.54, 1.807) is 0 Å². The van der Waals surface area contributed by atoms with Gasteiger partial charge in [-0.05, 0) is 23.6 Å². The lowest BCUT2D eigenvalue weighted by Gasteiger charge is -2.11. The molecule has 1 nitrogen and oxygen atoms in total. The molecule has 0 bridgehead atoms. The second-order valence-corrected chi connectivity index (χ2v) is 4.17. The molecule has 2 heteroatoms. The molecule has 0 aliphatic rings. The summed E-state index contributed by atoms with van der Waals surface area (Å²) >= 11 is 3.43. The summed E-state index contributed by atoms with van der Waals surface area (Å²) in [5, 5.41) is 0.882. The molecule has 78 valence electrons. The zero-order valence-corrected chi connectivity index (χ0v) is 10.4. The van der Waals surface area contributed by atoms with E-state index in [1.807, 2.05) is 12.1 Å². The van der Waals surface area contributed by atoms with Gasteiger partial charge >= 0.3 is 0 Å². The fourth-order valence-corrected chi connectivity index (χ4v) is 1.42. The molecule has 1 atom stereocenters. The Bertz CT molecular complexity index is 273. The van der Waals surface area contributed by atoms with Crippen molar-refractivity contribution in [3.8, 4) is 5.75 Å². The van der Waals surface area contributed by atoms with Crippen LogP contribution in [0.5, 0.6) is 5.75 Å². The predicted octanol–water partition coefficient (Wildman–Crippen LogP) is 4.01. The topological polar surface area (TPSA) is 9.23 Å². The van der Waals surface area contributed by atoms with Crippen LogP contribution in [-0.4, -0.2) is 6.61 Å². The number of hydrogen-bond donors (Lipinski definition) is 0. The van der Waals surface area contributed by atoms with Gasteiger partial charge in [-0.2, -0.15) is 0 Å². The third kappa shape index (κ3) is 3.70. The van der Waals surface area contributed by atoms with E-state index >= 15 is 0 Å². The van der Waals surface area contributed by atoms with Crippen molar-refractivity contribution in [3.63, 3.8) is 0 Å². The maximum absolute atomic E-state index is 5.68. The highest BCUT2D eigenvalue weighted by atomic mass is 79.9. The monoisotopic (exact) mass is 256 g/mol. The Labute approximate surface area is 94.6 Å². The summed E-state index contributed by atoms with van der Waals surface area (Å²) in [7, 11) is 0. The Kier molecular flexibility index (Phi) is 5.02. The van der Waals surface area contributed by atoms with Crippen molar-refractivity contribution in [2.45, 2.75) is 25.6 Å². The Morgan fingerprint density at radius 3 is 2.86 bits per heavy atom. The Balaban J connectivity index is 2.50. The molecule has 0 fully saturated rings. The van der Waals surface area contributed by atoms with Crippen molar-refractivity contribution in [3.05, 3.63) is 29.8 Å². The van der Waals surface area contributed by atoms with Gasteiger partial charge in [0.15, 0.2) is 0 Å². The van der Waals surface area contributed by atoms with Gasteiger partial charge in [0.05, 0.1) is 6.61 Å². The van der Waals surface area contributed by atoms with Gasteiger partial charge in [0.2, 0.25) is 0 Å². The lowest BCUT2D eigenvalue weighted by atomic mass is 10.1. The van der Waals surface area contributed by atoms with E-state index in [4.69, 9.17) is 4.74 Å². The van der Waals surface area contributed by atoms with Crippen LogP contribution in [0.2, 0.25) is 0 Å². The average molecular weight is 257 g/mol. The minimum absolute atomic E-state index is 0.627. The summed E-state index contributed by atoms with van der Waals surface area (Å²) in [6.07, 6.45) is 1.16. The third-order valence-corrected chi connectivity index (χ3v) is 2.93. The molecule has 0 N–H and O–H groups in total. The van der Waals surface area contributed by atoms with Crippen LogP contribution in [-0.2, 0) is 5.33 Å². The van der Waals surface area contributed by atoms with Gasteiger partial charge in [-0.3, -0.25) is 0 Å². The van der Waals surface area contributed by atoms with E-state index in [-0.39, 0.29) is 0 Å². The Hall–Kier alpha value is -0.500. The Morgan fingerprint density at radius 2 is 2.21 bits per heavy atom. The fraction of sp³-hybridized carbons (Fsp3) is 0.500. The third-order valence-electron chi connectivity index (χ3n) is 2.28. The molecule has 0 aliphatic carbocycles. The quantitative estimate of drug-likeness (QED) is 0.724. The van der Waals surface area contributed by atoms with E-state index in [9.17, 15) is 0 Å². The Morgan fingerprint density at radius 1 is 1.43 bits per heavy atom. The number of benzene rings is 1. The number of rotatable bonds is 5.